The largest absolute Gasteiger partial charge is 0.343 e. The number of rotatable bonds is 7. The molecule has 0 saturated carbocycles. The van der Waals surface area contributed by atoms with Crippen LogP contribution in [0.5, 0.6) is 0 Å². The van der Waals surface area contributed by atoms with Gasteiger partial charge in [-0.1, -0.05) is 18.1 Å². The van der Waals surface area contributed by atoms with Crippen LogP contribution in [-0.2, 0) is 23.1 Å². The van der Waals surface area contributed by atoms with Crippen LogP contribution in [0.3, 0.4) is 0 Å². The predicted molar refractivity (Wildman–Crippen MR) is 69.9 cm³/mol. The van der Waals surface area contributed by atoms with Gasteiger partial charge in [0.2, 0.25) is 6.39 Å². The molecule has 2 aromatic heterocycles. The van der Waals surface area contributed by atoms with Crippen LogP contribution in [0.15, 0.2) is 34.3 Å². The van der Waals surface area contributed by atoms with Gasteiger partial charge >= 0.3 is 0 Å². The molecule has 20 heavy (non-hydrogen) atoms. The van der Waals surface area contributed by atoms with Crippen LogP contribution in [0, 0.1) is 0 Å². The first-order valence-electron chi connectivity index (χ1n) is 6.02. The van der Waals surface area contributed by atoms with Crippen LogP contribution in [-0.4, -0.2) is 30.1 Å². The number of aromatic nitrogens is 3. The van der Waals surface area contributed by atoms with E-state index >= 15 is 0 Å². The van der Waals surface area contributed by atoms with Crippen molar-refractivity contribution < 1.29 is 12.9 Å². The second kappa shape index (κ2) is 6.55. The smallest absolute Gasteiger partial charge is 0.258 e. The Morgan fingerprint density at radius 1 is 1.25 bits per heavy atom. The molecule has 9 heteroatoms. The molecule has 2 aromatic rings. The molecular weight excluding hydrogens is 282 g/mol. The highest BCUT2D eigenvalue weighted by molar-refractivity contribution is 7.89. The van der Waals surface area contributed by atoms with Crippen LogP contribution >= 0.6 is 0 Å². The van der Waals surface area contributed by atoms with Crippen LogP contribution < -0.4 is 10.0 Å². The molecule has 0 aliphatic heterocycles. The summed E-state index contributed by atoms with van der Waals surface area (Å²) in [6.45, 7) is 3.44. The zero-order valence-electron chi connectivity index (χ0n) is 10.9. The average molecular weight is 297 g/mol. The topological polar surface area (TPSA) is 110 Å². The average Bonchev–Trinajstić information content (AvgIpc) is 2.97. The summed E-state index contributed by atoms with van der Waals surface area (Å²) in [5.74, 6) is 0.261. The molecule has 2 heterocycles. The molecule has 0 aromatic carbocycles. The summed E-state index contributed by atoms with van der Waals surface area (Å²) in [4.78, 5) is 7.68. The molecule has 2 N–H and O–H groups in total. The normalized spacial score (nSPS) is 11.7. The van der Waals surface area contributed by atoms with E-state index in [1.807, 2.05) is 6.92 Å². The van der Waals surface area contributed by atoms with Gasteiger partial charge in [0.15, 0.2) is 10.9 Å². The van der Waals surface area contributed by atoms with Gasteiger partial charge in [0, 0.05) is 12.7 Å². The summed E-state index contributed by atoms with van der Waals surface area (Å²) in [5, 5.41) is 6.61. The lowest BCUT2D eigenvalue weighted by Crippen LogP contribution is -2.24. The molecule has 0 aliphatic carbocycles. The Labute approximate surface area is 116 Å². The maximum atomic E-state index is 12.0. The number of pyridine rings is 1. The van der Waals surface area contributed by atoms with E-state index in [-0.39, 0.29) is 17.4 Å². The molecule has 0 spiro atoms. The summed E-state index contributed by atoms with van der Waals surface area (Å²) >= 11 is 0. The van der Waals surface area contributed by atoms with E-state index in [1.165, 1.54) is 12.3 Å². The highest BCUT2D eigenvalue weighted by atomic mass is 32.2. The SMILES string of the molecule is CCNCc1ccc(S(=O)(=O)NCc2ncon2)nc1. The van der Waals surface area contributed by atoms with Crippen molar-refractivity contribution in [3.8, 4) is 0 Å². The van der Waals surface area contributed by atoms with E-state index < -0.39 is 10.0 Å². The van der Waals surface area contributed by atoms with Gasteiger partial charge in [-0.05, 0) is 18.2 Å². The first kappa shape index (κ1) is 14.6. The number of sulfonamides is 1. The van der Waals surface area contributed by atoms with Crippen LogP contribution in [0.2, 0.25) is 0 Å². The predicted octanol–water partition coefficient (Wildman–Crippen LogP) is 0.0526. The molecule has 0 unspecified atom stereocenters. The fourth-order valence-electron chi connectivity index (χ4n) is 1.45. The van der Waals surface area contributed by atoms with Crippen molar-refractivity contribution in [2.75, 3.05) is 6.54 Å². The van der Waals surface area contributed by atoms with E-state index in [9.17, 15) is 8.42 Å². The zero-order chi connectivity index (χ0) is 14.4. The van der Waals surface area contributed by atoms with Gasteiger partial charge in [-0.15, -0.1) is 0 Å². The van der Waals surface area contributed by atoms with Crippen molar-refractivity contribution >= 4 is 10.0 Å². The quantitative estimate of drug-likeness (QED) is 0.743. The van der Waals surface area contributed by atoms with E-state index in [0.717, 1.165) is 18.5 Å². The summed E-state index contributed by atoms with van der Waals surface area (Å²) in [5.41, 5.74) is 0.920. The molecule has 108 valence electrons. The fourth-order valence-corrected chi connectivity index (χ4v) is 2.35. The van der Waals surface area contributed by atoms with Crippen molar-refractivity contribution in [2.45, 2.75) is 25.0 Å². The minimum absolute atomic E-state index is 0.0405. The van der Waals surface area contributed by atoms with Gasteiger partial charge in [0.1, 0.15) is 0 Å². The van der Waals surface area contributed by atoms with Crippen molar-refractivity contribution in [1.29, 1.82) is 0 Å². The molecule has 8 nitrogen and oxygen atoms in total. The van der Waals surface area contributed by atoms with Gasteiger partial charge in [-0.3, -0.25) is 0 Å². The van der Waals surface area contributed by atoms with E-state index in [1.54, 1.807) is 6.07 Å². The Kier molecular flexibility index (Phi) is 4.77. The van der Waals surface area contributed by atoms with Gasteiger partial charge in [0.05, 0.1) is 6.54 Å². The lowest BCUT2D eigenvalue weighted by molar-refractivity contribution is 0.409. The Hall–Kier alpha value is -1.84. The second-order valence-corrected chi connectivity index (χ2v) is 5.67. The van der Waals surface area contributed by atoms with Gasteiger partial charge in [0.25, 0.3) is 10.0 Å². The molecule has 0 amide bonds. The minimum atomic E-state index is -3.68. The molecule has 0 aliphatic rings. The maximum Gasteiger partial charge on any atom is 0.258 e. The first-order chi connectivity index (χ1) is 9.62. The van der Waals surface area contributed by atoms with Gasteiger partial charge in [-0.25, -0.2) is 18.1 Å². The lowest BCUT2D eigenvalue weighted by Gasteiger charge is -2.05. The van der Waals surface area contributed by atoms with Crippen molar-refractivity contribution in [3.05, 3.63) is 36.1 Å². The Morgan fingerprint density at radius 2 is 2.10 bits per heavy atom. The van der Waals surface area contributed by atoms with Crippen LogP contribution in [0.1, 0.15) is 18.3 Å². The fraction of sp³-hybridized carbons (Fsp3) is 0.364. The lowest BCUT2D eigenvalue weighted by atomic mass is 10.3. The van der Waals surface area contributed by atoms with Crippen molar-refractivity contribution in [3.63, 3.8) is 0 Å². The third-order valence-corrected chi connectivity index (χ3v) is 3.80. The van der Waals surface area contributed by atoms with Crippen LogP contribution in [0.4, 0.5) is 0 Å². The number of hydrogen-bond donors (Lipinski definition) is 2. The van der Waals surface area contributed by atoms with Gasteiger partial charge in [-0.2, -0.15) is 4.98 Å². The molecule has 0 saturated heterocycles. The van der Waals surface area contributed by atoms with Crippen LogP contribution in [0.25, 0.3) is 0 Å². The zero-order valence-corrected chi connectivity index (χ0v) is 11.7. The minimum Gasteiger partial charge on any atom is -0.343 e. The summed E-state index contributed by atoms with van der Waals surface area (Å²) < 4.78 is 30.8. The third kappa shape index (κ3) is 3.83. The first-order valence-corrected chi connectivity index (χ1v) is 7.50. The van der Waals surface area contributed by atoms with E-state index in [4.69, 9.17) is 0 Å². The third-order valence-electron chi connectivity index (χ3n) is 2.48. The molecule has 0 atom stereocenters. The molecular formula is C11H15N5O3S. The summed E-state index contributed by atoms with van der Waals surface area (Å²) in [6.07, 6.45) is 2.67. The summed E-state index contributed by atoms with van der Waals surface area (Å²) in [6, 6.07) is 3.18. The number of nitrogens with zero attached hydrogens (tertiary/aromatic N) is 3. The Bertz CT molecular complexity index is 625. The monoisotopic (exact) mass is 297 g/mol. The molecule has 0 fully saturated rings. The Balaban J connectivity index is 2.01. The second-order valence-electron chi connectivity index (χ2n) is 3.96. The highest BCUT2D eigenvalue weighted by Crippen LogP contribution is 2.07. The van der Waals surface area contributed by atoms with E-state index in [0.29, 0.717) is 6.54 Å². The Morgan fingerprint density at radius 3 is 2.70 bits per heavy atom. The molecule has 0 radical (unpaired) electrons. The van der Waals surface area contributed by atoms with E-state index in [2.05, 4.69) is 29.7 Å². The molecule has 2 rings (SSSR count). The molecule has 0 bridgehead atoms. The number of nitrogens with one attached hydrogen (secondary N) is 2. The highest BCUT2D eigenvalue weighted by Gasteiger charge is 2.16. The summed E-state index contributed by atoms with van der Waals surface area (Å²) in [7, 11) is -3.68. The number of hydrogen-bond acceptors (Lipinski definition) is 7. The van der Waals surface area contributed by atoms with Gasteiger partial charge < -0.3 is 9.84 Å². The van der Waals surface area contributed by atoms with Crippen molar-refractivity contribution in [2.24, 2.45) is 0 Å². The maximum absolute atomic E-state index is 12.0. The standard InChI is InChI=1S/C11H15N5O3S/c1-2-12-5-9-3-4-11(13-6-9)20(17,18)15-7-10-14-8-19-16-10/h3-4,6,8,12,15H,2,5,7H2,1H3. The van der Waals surface area contributed by atoms with Crippen molar-refractivity contribution in [1.82, 2.24) is 25.2 Å².